The summed E-state index contributed by atoms with van der Waals surface area (Å²) in [4.78, 5) is 16.3. The minimum absolute atomic E-state index is 0.00289. The van der Waals surface area contributed by atoms with E-state index in [4.69, 9.17) is 5.26 Å². The van der Waals surface area contributed by atoms with E-state index in [0.29, 0.717) is 0 Å². The number of carbonyl (C=O) groups is 1. The zero-order valence-corrected chi connectivity index (χ0v) is 11.4. The Morgan fingerprint density at radius 2 is 1.90 bits per heavy atom. The molecule has 4 saturated carbocycles. The van der Waals surface area contributed by atoms with Crippen molar-refractivity contribution in [2.75, 3.05) is 0 Å². The Morgan fingerprint density at radius 1 is 1.30 bits per heavy atom. The first-order chi connectivity index (χ1) is 9.66. The van der Waals surface area contributed by atoms with E-state index in [-0.39, 0.29) is 17.3 Å². The number of amides is 1. The molecule has 4 aliphatic rings. The third kappa shape index (κ3) is 1.82. The second kappa shape index (κ2) is 4.08. The van der Waals surface area contributed by atoms with E-state index < -0.39 is 0 Å². The van der Waals surface area contributed by atoms with Crippen LogP contribution in [0.5, 0.6) is 0 Å². The molecule has 0 atom stereocenters. The SMILES string of the molecule is N#Cc1cn(C(=O)NC23CC4CC(CC(C4)C2)C3)cn1. The Bertz CT molecular complexity index is 562. The van der Waals surface area contributed by atoms with Crippen molar-refractivity contribution in [1.82, 2.24) is 14.9 Å². The molecule has 4 fully saturated rings. The molecule has 0 spiro atoms. The van der Waals surface area contributed by atoms with Crippen molar-refractivity contribution >= 4 is 6.03 Å². The van der Waals surface area contributed by atoms with Crippen molar-refractivity contribution in [3.63, 3.8) is 0 Å². The van der Waals surface area contributed by atoms with Crippen LogP contribution in [0.3, 0.4) is 0 Å². The fourth-order valence-electron chi connectivity index (χ4n) is 5.05. The summed E-state index contributed by atoms with van der Waals surface area (Å²) in [7, 11) is 0. The van der Waals surface area contributed by atoms with Crippen LogP contribution in [0.2, 0.25) is 0 Å². The number of hydrogen-bond donors (Lipinski definition) is 1. The van der Waals surface area contributed by atoms with Gasteiger partial charge in [0.25, 0.3) is 0 Å². The van der Waals surface area contributed by atoms with Gasteiger partial charge < -0.3 is 5.32 Å². The normalized spacial score (nSPS) is 37.6. The fourth-order valence-corrected chi connectivity index (χ4v) is 5.05. The number of nitrogens with one attached hydrogen (secondary N) is 1. The minimum atomic E-state index is -0.138. The first kappa shape index (κ1) is 12.0. The Kier molecular flexibility index (Phi) is 2.44. The molecule has 0 saturated heterocycles. The summed E-state index contributed by atoms with van der Waals surface area (Å²) in [5.41, 5.74) is 0.286. The fraction of sp³-hybridized carbons (Fsp3) is 0.667. The van der Waals surface area contributed by atoms with Crippen molar-refractivity contribution in [1.29, 1.82) is 5.26 Å². The van der Waals surface area contributed by atoms with Gasteiger partial charge in [0.1, 0.15) is 12.4 Å². The predicted octanol–water partition coefficient (Wildman–Crippen LogP) is 2.28. The summed E-state index contributed by atoms with van der Waals surface area (Å²) in [6.45, 7) is 0. The number of aromatic nitrogens is 2. The average molecular weight is 270 g/mol. The van der Waals surface area contributed by atoms with Crippen LogP contribution in [0.25, 0.3) is 0 Å². The molecule has 104 valence electrons. The van der Waals surface area contributed by atoms with Crippen molar-refractivity contribution < 1.29 is 4.79 Å². The summed E-state index contributed by atoms with van der Waals surface area (Å²) in [5, 5.41) is 12.0. The van der Waals surface area contributed by atoms with E-state index in [2.05, 4.69) is 10.3 Å². The molecule has 20 heavy (non-hydrogen) atoms. The van der Waals surface area contributed by atoms with Crippen LogP contribution in [0.15, 0.2) is 12.5 Å². The molecular formula is C15H18N4O. The van der Waals surface area contributed by atoms with Gasteiger partial charge in [0, 0.05) is 5.54 Å². The van der Waals surface area contributed by atoms with Crippen LogP contribution in [-0.4, -0.2) is 21.1 Å². The highest BCUT2D eigenvalue weighted by Gasteiger charge is 2.51. The molecular weight excluding hydrogens is 252 g/mol. The number of nitriles is 1. The van der Waals surface area contributed by atoms with E-state index in [1.165, 1.54) is 36.4 Å². The largest absolute Gasteiger partial charge is 0.332 e. The van der Waals surface area contributed by atoms with Gasteiger partial charge in [-0.2, -0.15) is 5.26 Å². The Morgan fingerprint density at radius 3 is 2.40 bits per heavy atom. The molecule has 1 N–H and O–H groups in total. The first-order valence-electron chi connectivity index (χ1n) is 7.42. The lowest BCUT2D eigenvalue weighted by atomic mass is 9.53. The van der Waals surface area contributed by atoms with Gasteiger partial charge in [-0.15, -0.1) is 0 Å². The molecule has 5 nitrogen and oxygen atoms in total. The van der Waals surface area contributed by atoms with Gasteiger partial charge in [0.05, 0.1) is 6.20 Å². The molecule has 1 heterocycles. The molecule has 0 unspecified atom stereocenters. The molecule has 4 aliphatic carbocycles. The molecule has 1 amide bonds. The van der Waals surface area contributed by atoms with Gasteiger partial charge in [-0.1, -0.05) is 0 Å². The lowest BCUT2D eigenvalue weighted by Gasteiger charge is -2.56. The highest BCUT2D eigenvalue weighted by atomic mass is 16.2. The summed E-state index contributed by atoms with van der Waals surface area (Å²) in [6.07, 6.45) is 10.4. The van der Waals surface area contributed by atoms with Crippen molar-refractivity contribution in [3.8, 4) is 6.07 Å². The number of carbonyl (C=O) groups excluding carboxylic acids is 1. The topological polar surface area (TPSA) is 70.7 Å². The maximum absolute atomic E-state index is 12.4. The van der Waals surface area contributed by atoms with Gasteiger partial charge in [-0.3, -0.25) is 4.57 Å². The van der Waals surface area contributed by atoms with Crippen molar-refractivity contribution in [2.24, 2.45) is 17.8 Å². The van der Waals surface area contributed by atoms with E-state index in [0.717, 1.165) is 37.0 Å². The highest BCUT2D eigenvalue weighted by Crippen LogP contribution is 2.55. The molecule has 1 aromatic rings. The third-order valence-electron chi connectivity index (χ3n) is 5.34. The van der Waals surface area contributed by atoms with Crippen LogP contribution in [-0.2, 0) is 0 Å². The van der Waals surface area contributed by atoms with Gasteiger partial charge >= 0.3 is 6.03 Å². The summed E-state index contributed by atoms with van der Waals surface area (Å²) < 4.78 is 1.40. The molecule has 5 rings (SSSR count). The molecule has 0 radical (unpaired) electrons. The van der Waals surface area contributed by atoms with E-state index in [1.54, 1.807) is 0 Å². The lowest BCUT2D eigenvalue weighted by Crippen LogP contribution is -2.60. The standard InChI is InChI=1S/C15H18N4O/c16-7-13-8-19(9-17-13)14(20)18-15-4-10-1-11(5-15)3-12(2-10)6-15/h8-12H,1-6H2,(H,18,20). The van der Waals surface area contributed by atoms with Gasteiger partial charge in [-0.05, 0) is 56.3 Å². The summed E-state index contributed by atoms with van der Waals surface area (Å²) in [6, 6.07) is 1.81. The van der Waals surface area contributed by atoms with Crippen LogP contribution < -0.4 is 5.32 Å². The van der Waals surface area contributed by atoms with Gasteiger partial charge in [0.15, 0.2) is 5.69 Å². The molecule has 0 aliphatic heterocycles. The Labute approximate surface area is 118 Å². The first-order valence-corrected chi connectivity index (χ1v) is 7.42. The van der Waals surface area contributed by atoms with E-state index in [9.17, 15) is 4.79 Å². The molecule has 5 heteroatoms. The molecule has 1 aromatic heterocycles. The number of imidazole rings is 1. The third-order valence-corrected chi connectivity index (χ3v) is 5.34. The lowest BCUT2D eigenvalue weighted by molar-refractivity contribution is -0.0134. The smallest absolute Gasteiger partial charge is 0.327 e. The minimum Gasteiger partial charge on any atom is -0.332 e. The van der Waals surface area contributed by atoms with E-state index in [1.807, 2.05) is 6.07 Å². The van der Waals surface area contributed by atoms with E-state index >= 15 is 0 Å². The highest BCUT2D eigenvalue weighted by molar-refractivity contribution is 5.77. The Balaban J connectivity index is 1.54. The average Bonchev–Trinajstić information content (AvgIpc) is 2.85. The second-order valence-electron chi connectivity index (χ2n) is 6.91. The van der Waals surface area contributed by atoms with Crippen LogP contribution in [0.4, 0.5) is 4.79 Å². The van der Waals surface area contributed by atoms with Gasteiger partial charge in [0.2, 0.25) is 0 Å². The van der Waals surface area contributed by atoms with Crippen molar-refractivity contribution in [2.45, 2.75) is 44.1 Å². The number of nitrogens with zero attached hydrogens (tertiary/aromatic N) is 3. The number of rotatable bonds is 1. The molecule has 0 aromatic carbocycles. The van der Waals surface area contributed by atoms with Gasteiger partial charge in [-0.25, -0.2) is 9.78 Å². The zero-order valence-electron chi connectivity index (χ0n) is 11.4. The number of hydrogen-bond acceptors (Lipinski definition) is 3. The maximum atomic E-state index is 12.4. The summed E-state index contributed by atoms with van der Waals surface area (Å²) in [5.74, 6) is 2.41. The Hall–Kier alpha value is -1.83. The maximum Gasteiger partial charge on any atom is 0.327 e. The van der Waals surface area contributed by atoms with Crippen LogP contribution in [0, 0.1) is 29.1 Å². The molecule has 4 bridgehead atoms. The monoisotopic (exact) mass is 270 g/mol. The quantitative estimate of drug-likeness (QED) is 0.851. The predicted molar refractivity (Wildman–Crippen MR) is 71.8 cm³/mol. The van der Waals surface area contributed by atoms with Crippen LogP contribution in [0.1, 0.15) is 44.2 Å². The summed E-state index contributed by atoms with van der Waals surface area (Å²) >= 11 is 0. The van der Waals surface area contributed by atoms with Crippen molar-refractivity contribution in [3.05, 3.63) is 18.2 Å². The zero-order chi connectivity index (χ0) is 13.7. The van der Waals surface area contributed by atoms with Crippen LogP contribution >= 0.6 is 0 Å². The second-order valence-corrected chi connectivity index (χ2v) is 6.91.